The van der Waals surface area contributed by atoms with Crippen LogP contribution in [0.25, 0.3) is 11.1 Å². The van der Waals surface area contributed by atoms with Crippen LogP contribution in [0.3, 0.4) is 0 Å². The number of nitrogens with zero attached hydrogens (tertiary/aromatic N) is 6. The number of ether oxygens (including phenoxy) is 2. The highest BCUT2D eigenvalue weighted by Gasteiger charge is 2.19. The number of anilines is 1. The van der Waals surface area contributed by atoms with Gasteiger partial charge in [-0.15, -0.1) is 5.10 Å². The average molecular weight is 500 g/mol. The number of aryl methyl sites for hydroxylation is 1. The lowest BCUT2D eigenvalue weighted by molar-refractivity contribution is 0.102. The van der Waals surface area contributed by atoms with Crippen LogP contribution >= 0.6 is 22.9 Å². The molecule has 11 nitrogen and oxygen atoms in total. The molecule has 4 rings (SSSR count). The zero-order valence-electron chi connectivity index (χ0n) is 18.0. The number of aromatic nitrogens is 6. The number of carbonyl (C=O) groups is 1. The molecule has 0 atom stereocenters. The molecule has 4 aromatic rings. The standard InChI is InChI=1S/C21H18ClN7O4S/c1-11-3-14(15-4-18(22)26-8-17(15)32-2)16(7-23-11)19(31)27-20-28-29-21(34-20)33-10-13-6-24-12(9-30)5-25-13/h3-8,30H,9-10H2,1-2H3,(H,27,28,31). The van der Waals surface area contributed by atoms with Crippen LogP contribution in [0.15, 0.2) is 36.9 Å². The Balaban J connectivity index is 1.50. The summed E-state index contributed by atoms with van der Waals surface area (Å²) in [5.41, 5.74) is 3.20. The molecule has 4 heterocycles. The smallest absolute Gasteiger partial charge is 0.296 e. The van der Waals surface area contributed by atoms with Crippen LogP contribution < -0.4 is 14.8 Å². The number of carbonyl (C=O) groups excluding carboxylic acids is 1. The molecular weight excluding hydrogens is 482 g/mol. The highest BCUT2D eigenvalue weighted by atomic mass is 35.5. The quantitative estimate of drug-likeness (QED) is 0.347. The normalized spacial score (nSPS) is 10.7. The number of halogens is 1. The van der Waals surface area contributed by atoms with E-state index in [2.05, 4.69) is 35.5 Å². The van der Waals surface area contributed by atoms with E-state index in [1.54, 1.807) is 12.1 Å². The Morgan fingerprint density at radius 2 is 1.85 bits per heavy atom. The molecule has 0 saturated carbocycles. The topological polar surface area (TPSA) is 145 Å². The summed E-state index contributed by atoms with van der Waals surface area (Å²) >= 11 is 7.14. The van der Waals surface area contributed by atoms with Crippen molar-refractivity contribution in [3.05, 3.63) is 64.7 Å². The van der Waals surface area contributed by atoms with Gasteiger partial charge in [0.1, 0.15) is 17.5 Å². The van der Waals surface area contributed by atoms with Crippen molar-refractivity contribution >= 4 is 34.0 Å². The molecule has 0 aliphatic rings. The molecule has 2 N–H and O–H groups in total. The summed E-state index contributed by atoms with van der Waals surface area (Å²) in [7, 11) is 1.51. The Morgan fingerprint density at radius 3 is 2.59 bits per heavy atom. The molecule has 1 amide bonds. The van der Waals surface area contributed by atoms with Gasteiger partial charge in [0.05, 0.1) is 49.3 Å². The van der Waals surface area contributed by atoms with Crippen LogP contribution in [-0.2, 0) is 13.2 Å². The Morgan fingerprint density at radius 1 is 1.06 bits per heavy atom. The van der Waals surface area contributed by atoms with E-state index in [1.807, 2.05) is 6.92 Å². The number of hydrogen-bond donors (Lipinski definition) is 2. The fourth-order valence-corrected chi connectivity index (χ4v) is 3.66. The van der Waals surface area contributed by atoms with Crippen molar-refractivity contribution in [2.45, 2.75) is 20.1 Å². The van der Waals surface area contributed by atoms with Gasteiger partial charge in [0.25, 0.3) is 11.1 Å². The third-order valence-electron chi connectivity index (χ3n) is 4.52. The van der Waals surface area contributed by atoms with E-state index in [0.717, 1.165) is 11.3 Å². The fourth-order valence-electron chi connectivity index (χ4n) is 2.91. The lowest BCUT2D eigenvalue weighted by atomic mass is 10.0. The lowest BCUT2D eigenvalue weighted by Gasteiger charge is -2.13. The van der Waals surface area contributed by atoms with Crippen molar-refractivity contribution in [3.63, 3.8) is 0 Å². The number of pyridine rings is 2. The maximum Gasteiger partial charge on any atom is 0.296 e. The van der Waals surface area contributed by atoms with Crippen LogP contribution in [0.4, 0.5) is 5.13 Å². The van der Waals surface area contributed by atoms with E-state index >= 15 is 0 Å². The molecule has 34 heavy (non-hydrogen) atoms. The molecule has 0 saturated heterocycles. The SMILES string of the molecule is COc1cnc(Cl)cc1-c1cc(C)ncc1C(=O)Nc1nnc(OCc2cnc(CO)cn2)s1. The predicted molar refractivity (Wildman–Crippen MR) is 124 cm³/mol. The van der Waals surface area contributed by atoms with E-state index in [9.17, 15) is 4.79 Å². The Kier molecular flexibility index (Phi) is 7.21. The van der Waals surface area contributed by atoms with Crippen LogP contribution in [0.1, 0.15) is 27.4 Å². The zero-order valence-corrected chi connectivity index (χ0v) is 19.6. The number of aliphatic hydroxyl groups is 1. The Bertz CT molecular complexity index is 1320. The molecule has 0 spiro atoms. The van der Waals surface area contributed by atoms with Crippen LogP contribution in [0.2, 0.25) is 5.15 Å². The number of hydrogen-bond acceptors (Lipinski definition) is 11. The number of methoxy groups -OCH3 is 1. The van der Waals surface area contributed by atoms with Gasteiger partial charge in [-0.3, -0.25) is 25.1 Å². The van der Waals surface area contributed by atoms with Crippen LogP contribution in [0.5, 0.6) is 10.9 Å². The van der Waals surface area contributed by atoms with Crippen molar-refractivity contribution in [3.8, 4) is 22.1 Å². The minimum atomic E-state index is -0.439. The summed E-state index contributed by atoms with van der Waals surface area (Å²) in [6, 6.07) is 3.39. The number of amides is 1. The summed E-state index contributed by atoms with van der Waals surface area (Å²) in [4.78, 5) is 29.5. The summed E-state index contributed by atoms with van der Waals surface area (Å²) < 4.78 is 11.0. The molecule has 174 valence electrons. The van der Waals surface area contributed by atoms with Crippen molar-refractivity contribution < 1.29 is 19.4 Å². The monoisotopic (exact) mass is 499 g/mol. The van der Waals surface area contributed by atoms with Gasteiger partial charge >= 0.3 is 0 Å². The Hall–Kier alpha value is -3.74. The van der Waals surface area contributed by atoms with Crippen molar-refractivity contribution in [1.29, 1.82) is 0 Å². The second kappa shape index (κ2) is 10.5. The number of rotatable bonds is 8. The minimum absolute atomic E-state index is 0.107. The molecule has 0 aliphatic carbocycles. The van der Waals surface area contributed by atoms with Crippen molar-refractivity contribution in [2.75, 3.05) is 12.4 Å². The van der Waals surface area contributed by atoms with Gasteiger partial charge in [-0.1, -0.05) is 16.7 Å². The lowest BCUT2D eigenvalue weighted by Crippen LogP contribution is -2.14. The van der Waals surface area contributed by atoms with Gasteiger partial charge < -0.3 is 14.6 Å². The average Bonchev–Trinajstić information content (AvgIpc) is 3.30. The molecule has 13 heteroatoms. The van der Waals surface area contributed by atoms with E-state index < -0.39 is 5.91 Å². The first-order valence-electron chi connectivity index (χ1n) is 9.81. The fraction of sp³-hybridized carbons (Fsp3) is 0.190. The molecule has 0 radical (unpaired) electrons. The maximum absolute atomic E-state index is 13.1. The summed E-state index contributed by atoms with van der Waals surface area (Å²) in [6.45, 7) is 1.74. The molecule has 0 fully saturated rings. The molecule has 4 aromatic heterocycles. The maximum atomic E-state index is 13.1. The van der Waals surface area contributed by atoms with Gasteiger partial charge in [0.15, 0.2) is 0 Å². The van der Waals surface area contributed by atoms with E-state index in [4.69, 9.17) is 26.2 Å². The highest BCUT2D eigenvalue weighted by molar-refractivity contribution is 7.17. The first kappa shape index (κ1) is 23.4. The first-order chi connectivity index (χ1) is 16.5. The van der Waals surface area contributed by atoms with Gasteiger partial charge in [0.2, 0.25) is 5.13 Å². The minimum Gasteiger partial charge on any atom is -0.494 e. The van der Waals surface area contributed by atoms with Crippen molar-refractivity contribution in [2.24, 2.45) is 0 Å². The van der Waals surface area contributed by atoms with Gasteiger partial charge in [-0.25, -0.2) is 4.98 Å². The molecule has 0 bridgehead atoms. The molecule has 0 aromatic carbocycles. The molecule has 0 unspecified atom stereocenters. The Labute approximate surface area is 202 Å². The van der Waals surface area contributed by atoms with Gasteiger partial charge in [-0.05, 0) is 30.4 Å². The van der Waals surface area contributed by atoms with Crippen LogP contribution in [-0.4, -0.2) is 48.3 Å². The van der Waals surface area contributed by atoms with E-state index in [-0.39, 0.29) is 28.7 Å². The van der Waals surface area contributed by atoms with Gasteiger partial charge in [0, 0.05) is 23.0 Å². The van der Waals surface area contributed by atoms with Gasteiger partial charge in [-0.2, -0.15) is 0 Å². The third-order valence-corrected chi connectivity index (χ3v) is 5.48. The number of nitrogens with one attached hydrogen (secondary N) is 1. The second-order valence-corrected chi connectivity index (χ2v) is 8.18. The summed E-state index contributed by atoms with van der Waals surface area (Å²) in [5, 5.41) is 20.4. The highest BCUT2D eigenvalue weighted by Crippen LogP contribution is 2.34. The predicted octanol–water partition coefficient (Wildman–Crippen LogP) is 3.08. The molecular formula is C21H18ClN7O4S. The first-order valence-corrected chi connectivity index (χ1v) is 11.0. The van der Waals surface area contributed by atoms with Crippen molar-refractivity contribution in [1.82, 2.24) is 30.1 Å². The zero-order chi connectivity index (χ0) is 24.1. The van der Waals surface area contributed by atoms with Crippen LogP contribution in [0, 0.1) is 6.92 Å². The van der Waals surface area contributed by atoms with E-state index in [1.165, 1.54) is 31.9 Å². The summed E-state index contributed by atoms with van der Waals surface area (Å²) in [6.07, 6.45) is 5.93. The summed E-state index contributed by atoms with van der Waals surface area (Å²) in [5.74, 6) is 0.0245. The largest absolute Gasteiger partial charge is 0.494 e. The molecule has 0 aliphatic heterocycles. The van der Waals surface area contributed by atoms with E-state index in [0.29, 0.717) is 39.5 Å². The number of aliphatic hydroxyl groups excluding tert-OH is 1. The third kappa shape index (κ3) is 5.42. The second-order valence-electron chi connectivity index (χ2n) is 6.85.